The summed E-state index contributed by atoms with van der Waals surface area (Å²) in [5, 5.41) is 11.1. The summed E-state index contributed by atoms with van der Waals surface area (Å²) in [6.07, 6.45) is 24.0. The molecule has 1 N–H and O–H groups in total. The van der Waals surface area contributed by atoms with Crippen molar-refractivity contribution in [2.45, 2.75) is 183 Å². The lowest BCUT2D eigenvalue weighted by atomic mass is 9.47. The quantitative estimate of drug-likeness (QED) is 0.123. The summed E-state index contributed by atoms with van der Waals surface area (Å²) in [4.78, 5) is 13.2. The maximum Gasteiger partial charge on any atom is 0.308 e. The standard InChI is InChI=1S/C47H76O3/c1-8-35(21-22-36-17-11-10-12-18-36)19-14-20-37(9-2)44(48)32-45(49)50-39-27-29-46(6)38(31-39)23-24-40-42-26-25-41(34(5)16-13-15-33(3)4)47(42,7)30-28-43(40)46/h10-12,17-18,23,33-35,37,39-44,48H,8-9,13-16,19-22,24-32H2,1-7H3/t34-,35?,37?,39+,40+,41-,42+,43+,44?,46+,47-/m1/s1. The molecule has 3 unspecified atom stereocenters. The molecule has 50 heavy (non-hydrogen) atoms. The molecule has 3 nitrogen and oxygen atoms in total. The van der Waals surface area contributed by atoms with Gasteiger partial charge in [0, 0.05) is 6.42 Å². The highest BCUT2D eigenvalue weighted by molar-refractivity contribution is 5.70. The van der Waals surface area contributed by atoms with Crippen LogP contribution in [0.2, 0.25) is 0 Å². The number of fused-ring (bicyclic) bond motifs is 5. The van der Waals surface area contributed by atoms with Crippen LogP contribution in [0.5, 0.6) is 0 Å². The number of benzene rings is 1. The maximum absolute atomic E-state index is 13.2. The Kier molecular flexibility index (Phi) is 14.2. The van der Waals surface area contributed by atoms with E-state index in [2.05, 4.69) is 84.9 Å². The fourth-order valence-electron chi connectivity index (χ4n) is 12.2. The van der Waals surface area contributed by atoms with E-state index in [1.165, 1.54) is 76.2 Å². The Hall–Kier alpha value is -1.61. The van der Waals surface area contributed by atoms with Gasteiger partial charge in [-0.3, -0.25) is 4.79 Å². The molecule has 0 spiro atoms. The van der Waals surface area contributed by atoms with Crippen molar-refractivity contribution < 1.29 is 14.6 Å². The molecule has 5 rings (SSSR count). The third-order valence-corrected chi connectivity index (χ3v) is 15.5. The van der Waals surface area contributed by atoms with Crippen molar-refractivity contribution in [1.82, 2.24) is 0 Å². The van der Waals surface area contributed by atoms with E-state index in [-0.39, 0.29) is 29.8 Å². The molecule has 0 aromatic heterocycles. The van der Waals surface area contributed by atoms with Crippen LogP contribution in [0.3, 0.4) is 0 Å². The van der Waals surface area contributed by atoms with Crippen LogP contribution in [0.1, 0.15) is 170 Å². The first-order valence-corrected chi connectivity index (χ1v) is 21.6. The summed E-state index contributed by atoms with van der Waals surface area (Å²) in [6, 6.07) is 10.8. The molecule has 1 aromatic rings. The molecule has 0 radical (unpaired) electrons. The number of carbonyl (C=O) groups is 1. The molecule has 11 atom stereocenters. The van der Waals surface area contributed by atoms with Crippen LogP contribution in [0.4, 0.5) is 0 Å². The van der Waals surface area contributed by atoms with Crippen LogP contribution >= 0.6 is 0 Å². The lowest BCUT2D eigenvalue weighted by Crippen LogP contribution is -2.51. The zero-order valence-corrected chi connectivity index (χ0v) is 33.4. The van der Waals surface area contributed by atoms with Crippen molar-refractivity contribution in [3.8, 4) is 0 Å². The van der Waals surface area contributed by atoms with Crippen LogP contribution in [0.25, 0.3) is 0 Å². The summed E-state index contributed by atoms with van der Waals surface area (Å²) < 4.78 is 6.15. The maximum atomic E-state index is 13.2. The number of ether oxygens (including phenoxy) is 1. The Balaban J connectivity index is 1.08. The highest BCUT2D eigenvalue weighted by atomic mass is 16.5. The molecule has 4 aliphatic rings. The molecule has 3 fully saturated rings. The van der Waals surface area contributed by atoms with Gasteiger partial charge in [0.2, 0.25) is 0 Å². The second kappa shape index (κ2) is 17.9. The Morgan fingerprint density at radius 1 is 0.880 bits per heavy atom. The van der Waals surface area contributed by atoms with Crippen molar-refractivity contribution in [3.63, 3.8) is 0 Å². The van der Waals surface area contributed by atoms with Gasteiger partial charge in [-0.25, -0.2) is 0 Å². The summed E-state index contributed by atoms with van der Waals surface area (Å²) in [6.45, 7) is 17.0. The van der Waals surface area contributed by atoms with Gasteiger partial charge < -0.3 is 9.84 Å². The van der Waals surface area contributed by atoms with E-state index in [1.807, 2.05) is 0 Å². The van der Waals surface area contributed by atoms with E-state index >= 15 is 0 Å². The van der Waals surface area contributed by atoms with Crippen LogP contribution in [0, 0.1) is 58.2 Å². The van der Waals surface area contributed by atoms with E-state index in [0.29, 0.717) is 5.41 Å². The smallest absolute Gasteiger partial charge is 0.308 e. The molecule has 3 heteroatoms. The average molecular weight is 689 g/mol. The van der Waals surface area contributed by atoms with Gasteiger partial charge in [0.05, 0.1) is 12.5 Å². The van der Waals surface area contributed by atoms with Gasteiger partial charge in [-0.1, -0.05) is 135 Å². The molecule has 0 bridgehead atoms. The van der Waals surface area contributed by atoms with Crippen molar-refractivity contribution in [2.24, 2.45) is 58.2 Å². The van der Waals surface area contributed by atoms with Crippen LogP contribution in [-0.4, -0.2) is 23.3 Å². The summed E-state index contributed by atoms with van der Waals surface area (Å²) in [5.41, 5.74) is 3.78. The number of aliphatic hydroxyl groups excluding tert-OH is 1. The number of aryl methyl sites for hydroxylation is 1. The second-order valence-electron chi connectivity index (χ2n) is 18.8. The first-order chi connectivity index (χ1) is 24.0. The van der Waals surface area contributed by atoms with E-state index in [4.69, 9.17) is 4.74 Å². The number of carbonyl (C=O) groups excluding carboxylic acids is 1. The fraction of sp³-hybridized carbons (Fsp3) is 0.809. The van der Waals surface area contributed by atoms with Crippen molar-refractivity contribution >= 4 is 5.97 Å². The van der Waals surface area contributed by atoms with E-state index in [1.54, 1.807) is 5.57 Å². The van der Waals surface area contributed by atoms with Crippen LogP contribution in [0.15, 0.2) is 42.0 Å². The molecule has 1 aromatic carbocycles. The number of allylic oxidation sites excluding steroid dienone is 1. The molecule has 0 amide bonds. The van der Waals surface area contributed by atoms with E-state index in [0.717, 1.165) is 86.4 Å². The predicted molar refractivity (Wildman–Crippen MR) is 210 cm³/mol. The molecule has 0 aliphatic heterocycles. The number of rotatable bonds is 18. The third-order valence-electron chi connectivity index (χ3n) is 15.5. The monoisotopic (exact) mass is 689 g/mol. The normalized spacial score (nSPS) is 33.1. The topological polar surface area (TPSA) is 46.5 Å². The van der Waals surface area contributed by atoms with Crippen LogP contribution in [-0.2, 0) is 16.0 Å². The SMILES string of the molecule is CCC(CCCC(CC)C(O)CC(=O)O[C@H]1CC[C@@]2(C)C(=CC[C@H]3[C@@H]4CC[C@H]([C@H](C)CCCC(C)C)[C@@]4(C)CC[C@@H]32)C1)CCc1ccccc1. The Morgan fingerprint density at radius 3 is 2.36 bits per heavy atom. The van der Waals surface area contributed by atoms with Gasteiger partial charge in [0.15, 0.2) is 0 Å². The van der Waals surface area contributed by atoms with Gasteiger partial charge in [0.1, 0.15) is 6.10 Å². The number of hydrogen-bond acceptors (Lipinski definition) is 3. The Bertz CT molecular complexity index is 1220. The van der Waals surface area contributed by atoms with Gasteiger partial charge >= 0.3 is 5.97 Å². The Labute approximate surface area is 308 Å². The lowest BCUT2D eigenvalue weighted by Gasteiger charge is -2.58. The molecule has 0 saturated heterocycles. The number of aliphatic hydroxyl groups is 1. The fourth-order valence-corrected chi connectivity index (χ4v) is 12.2. The van der Waals surface area contributed by atoms with Crippen molar-refractivity contribution in [2.75, 3.05) is 0 Å². The first kappa shape index (κ1) is 39.6. The Morgan fingerprint density at radius 2 is 1.64 bits per heavy atom. The van der Waals surface area contributed by atoms with Gasteiger partial charge in [-0.2, -0.15) is 0 Å². The average Bonchev–Trinajstić information content (AvgIpc) is 3.45. The molecule has 0 heterocycles. The molecule has 3 saturated carbocycles. The highest BCUT2D eigenvalue weighted by Crippen LogP contribution is 2.67. The van der Waals surface area contributed by atoms with Gasteiger partial charge in [0.25, 0.3) is 0 Å². The van der Waals surface area contributed by atoms with Crippen molar-refractivity contribution in [3.05, 3.63) is 47.5 Å². The minimum atomic E-state index is -0.606. The summed E-state index contributed by atoms with van der Waals surface area (Å²) in [5.74, 6) is 5.74. The number of esters is 1. The molecule has 282 valence electrons. The minimum Gasteiger partial charge on any atom is -0.462 e. The highest BCUT2D eigenvalue weighted by Gasteiger charge is 2.59. The van der Waals surface area contributed by atoms with E-state index in [9.17, 15) is 9.90 Å². The summed E-state index contributed by atoms with van der Waals surface area (Å²) in [7, 11) is 0. The molecular formula is C47H76O3. The van der Waals surface area contributed by atoms with E-state index < -0.39 is 6.10 Å². The zero-order chi connectivity index (χ0) is 35.9. The molecule has 4 aliphatic carbocycles. The van der Waals surface area contributed by atoms with Gasteiger partial charge in [-0.15, -0.1) is 0 Å². The first-order valence-electron chi connectivity index (χ1n) is 21.6. The minimum absolute atomic E-state index is 0.0306. The second-order valence-corrected chi connectivity index (χ2v) is 18.8. The third kappa shape index (κ3) is 9.30. The van der Waals surface area contributed by atoms with Crippen LogP contribution < -0.4 is 0 Å². The molecular weight excluding hydrogens is 613 g/mol. The lowest BCUT2D eigenvalue weighted by molar-refractivity contribution is -0.154. The summed E-state index contributed by atoms with van der Waals surface area (Å²) >= 11 is 0. The van der Waals surface area contributed by atoms with Crippen molar-refractivity contribution in [1.29, 1.82) is 0 Å². The van der Waals surface area contributed by atoms with Gasteiger partial charge in [-0.05, 0) is 128 Å². The largest absolute Gasteiger partial charge is 0.462 e. The predicted octanol–water partition coefficient (Wildman–Crippen LogP) is 12.5. The zero-order valence-electron chi connectivity index (χ0n) is 33.4. The number of hydrogen-bond donors (Lipinski definition) is 1.